The number of carbonyl (C=O) groups is 1. The highest BCUT2D eigenvalue weighted by atomic mass is 31.2. The predicted molar refractivity (Wildman–Crippen MR) is 88.1 cm³/mol. The van der Waals surface area contributed by atoms with Crippen molar-refractivity contribution >= 4 is 20.7 Å². The van der Waals surface area contributed by atoms with Gasteiger partial charge in [-0.05, 0) is 6.07 Å². The Labute approximate surface area is 139 Å². The van der Waals surface area contributed by atoms with Gasteiger partial charge >= 0.3 is 7.60 Å². The van der Waals surface area contributed by atoms with Crippen LogP contribution in [0.3, 0.4) is 0 Å². The van der Waals surface area contributed by atoms with E-state index < -0.39 is 20.4 Å². The van der Waals surface area contributed by atoms with E-state index in [-0.39, 0.29) is 12.3 Å². The van der Waals surface area contributed by atoms with Gasteiger partial charge in [0.15, 0.2) is 30.1 Å². The Kier molecular flexibility index (Phi) is 5.53. The van der Waals surface area contributed by atoms with Crippen LogP contribution in [0.15, 0.2) is 54.9 Å². The highest BCUT2D eigenvalue weighted by Crippen LogP contribution is 2.60. The third-order valence-electron chi connectivity index (χ3n) is 3.47. The molecule has 9 heteroatoms. The Morgan fingerprint density at radius 2 is 1.62 bits per heavy atom. The fraction of sp³-hybridized carbons (Fsp3) is 0.200. The topological polar surface area (TPSA) is 116 Å². The summed E-state index contributed by atoms with van der Waals surface area (Å²) in [6, 6.07) is 11.7. The van der Waals surface area contributed by atoms with Gasteiger partial charge in [-0.2, -0.15) is 0 Å². The molecule has 0 aliphatic heterocycles. The third kappa shape index (κ3) is 4.69. The van der Waals surface area contributed by atoms with E-state index in [1.165, 1.54) is 17.0 Å². The van der Waals surface area contributed by atoms with Crippen molar-refractivity contribution in [3.8, 4) is 0 Å². The van der Waals surface area contributed by atoms with Gasteiger partial charge in [-0.25, -0.2) is 4.57 Å². The van der Waals surface area contributed by atoms with Crippen LogP contribution in [0.25, 0.3) is 0 Å². The summed E-state index contributed by atoms with van der Waals surface area (Å²) in [6.07, 6.45) is 2.90. The second kappa shape index (κ2) is 7.09. The van der Waals surface area contributed by atoms with Crippen molar-refractivity contribution in [1.82, 2.24) is 0 Å². The molecule has 1 aromatic carbocycles. The van der Waals surface area contributed by atoms with Crippen LogP contribution < -0.4 is 4.57 Å². The van der Waals surface area contributed by atoms with Gasteiger partial charge in [0.2, 0.25) is 7.37 Å². The van der Waals surface area contributed by atoms with Crippen LogP contribution in [-0.4, -0.2) is 32.5 Å². The van der Waals surface area contributed by atoms with E-state index in [9.17, 15) is 28.6 Å². The number of rotatable bonds is 6. The maximum absolute atomic E-state index is 12.4. The first-order valence-electron chi connectivity index (χ1n) is 7.03. The summed E-state index contributed by atoms with van der Waals surface area (Å²) in [4.78, 5) is 40.7. The Balaban J connectivity index is 2.32. The summed E-state index contributed by atoms with van der Waals surface area (Å²) in [5, 5.41) is -1.72. The van der Waals surface area contributed by atoms with Gasteiger partial charge in [0.05, 0.1) is 5.56 Å². The second-order valence-electron chi connectivity index (χ2n) is 5.50. The van der Waals surface area contributed by atoms with Gasteiger partial charge in [-0.1, -0.05) is 30.3 Å². The molecule has 2 rings (SSSR count). The first-order chi connectivity index (χ1) is 11.1. The van der Waals surface area contributed by atoms with Crippen molar-refractivity contribution < 1.29 is 33.2 Å². The lowest BCUT2D eigenvalue weighted by atomic mass is 10.1. The number of ketones is 1. The molecule has 0 aliphatic rings. The van der Waals surface area contributed by atoms with Crippen molar-refractivity contribution in [2.75, 3.05) is 6.66 Å². The molecule has 0 radical (unpaired) electrons. The summed E-state index contributed by atoms with van der Waals surface area (Å²) < 4.78 is 24.6. The van der Waals surface area contributed by atoms with Gasteiger partial charge in [0, 0.05) is 18.3 Å². The van der Waals surface area contributed by atoms with E-state index in [1.807, 2.05) is 0 Å². The first-order valence-corrected chi connectivity index (χ1v) is 10.9. The average molecular weight is 370 g/mol. The zero-order valence-electron chi connectivity index (χ0n) is 12.9. The minimum Gasteiger partial charge on any atom is -0.344 e. The predicted octanol–water partition coefficient (Wildman–Crippen LogP) is 1.61. The quantitative estimate of drug-likeness (QED) is 0.404. The number of nitrogens with zero attached hydrogens (tertiary/aromatic N) is 1. The highest BCUT2D eigenvalue weighted by Gasteiger charge is 2.44. The number of aromatic nitrogens is 1. The average Bonchev–Trinajstić information content (AvgIpc) is 2.51. The number of benzene rings is 1. The number of hydrogen-bond donors (Lipinski definition) is 3. The molecule has 0 amide bonds. The molecular weight excluding hydrogens is 352 g/mol. The van der Waals surface area contributed by atoms with Gasteiger partial charge in [0.1, 0.15) is 0 Å². The van der Waals surface area contributed by atoms with Crippen LogP contribution in [0.2, 0.25) is 0 Å². The van der Waals surface area contributed by atoms with Crippen LogP contribution in [-0.2, 0) is 15.7 Å². The maximum Gasteiger partial charge on any atom is 0.344 e. The first kappa shape index (κ1) is 18.7. The minimum absolute atomic E-state index is 0.249. The number of pyridine rings is 1. The monoisotopic (exact) mass is 370 g/mol. The molecular formula is C15H18NO6P2+. The highest BCUT2D eigenvalue weighted by molar-refractivity contribution is 7.73. The Morgan fingerprint density at radius 3 is 2.17 bits per heavy atom. The van der Waals surface area contributed by atoms with E-state index in [0.717, 1.165) is 6.66 Å². The molecule has 0 saturated heterocycles. The van der Waals surface area contributed by atoms with E-state index in [2.05, 4.69) is 0 Å². The van der Waals surface area contributed by atoms with Crippen LogP contribution in [0.1, 0.15) is 15.9 Å². The number of carbonyl (C=O) groups excluding carboxylic acids is 1. The van der Waals surface area contributed by atoms with Gasteiger partial charge < -0.3 is 14.7 Å². The third-order valence-corrected chi connectivity index (χ3v) is 7.87. The van der Waals surface area contributed by atoms with E-state index >= 15 is 0 Å². The fourth-order valence-corrected chi connectivity index (χ4v) is 5.38. The SMILES string of the molecule is CP(=O)(O)C(C[n+]1cccc(C(=O)c2ccccc2)c1)P(=O)(O)O. The molecule has 2 aromatic rings. The van der Waals surface area contributed by atoms with Crippen LogP contribution in [0.4, 0.5) is 0 Å². The molecule has 24 heavy (non-hydrogen) atoms. The molecule has 0 fully saturated rings. The Hall–Kier alpha value is -1.62. The van der Waals surface area contributed by atoms with Gasteiger partial charge in [-0.15, -0.1) is 0 Å². The van der Waals surface area contributed by atoms with E-state index in [0.29, 0.717) is 11.1 Å². The molecule has 2 atom stereocenters. The molecule has 0 aliphatic carbocycles. The summed E-state index contributed by atoms with van der Waals surface area (Å²) in [5.74, 6) is -0.249. The minimum atomic E-state index is -4.78. The number of hydrogen-bond acceptors (Lipinski definition) is 3. The van der Waals surface area contributed by atoms with Gasteiger partial charge in [0.25, 0.3) is 0 Å². The van der Waals surface area contributed by atoms with Crippen molar-refractivity contribution in [2.45, 2.75) is 11.9 Å². The standard InChI is InChI=1S/C15H17NO6P2/c1-23(18,19)14(24(20,21)22)11-16-9-5-8-13(10-16)15(17)12-6-3-2-4-7-12/h2-10,14H,11H2,1H3,(H2-,18,19,20,21,22)/p+1. The van der Waals surface area contributed by atoms with Crippen LogP contribution in [0.5, 0.6) is 0 Å². The normalized spacial score (nSPS) is 15.5. The molecule has 2 unspecified atom stereocenters. The lowest BCUT2D eigenvalue weighted by Gasteiger charge is -2.18. The molecule has 0 bridgehead atoms. The molecule has 3 N–H and O–H groups in total. The van der Waals surface area contributed by atoms with Crippen molar-refractivity contribution in [3.63, 3.8) is 0 Å². The Bertz CT molecular complexity index is 805. The molecule has 7 nitrogen and oxygen atoms in total. The van der Waals surface area contributed by atoms with Crippen LogP contribution in [0, 0.1) is 0 Å². The zero-order chi connectivity index (χ0) is 18.0. The lowest BCUT2D eigenvalue weighted by Crippen LogP contribution is -2.39. The van der Waals surface area contributed by atoms with Crippen molar-refractivity contribution in [3.05, 3.63) is 66.0 Å². The zero-order valence-corrected chi connectivity index (χ0v) is 14.7. The van der Waals surface area contributed by atoms with Crippen LogP contribution >= 0.6 is 15.0 Å². The summed E-state index contributed by atoms with van der Waals surface area (Å²) in [5.41, 5.74) is 0.794. The lowest BCUT2D eigenvalue weighted by molar-refractivity contribution is -0.694. The summed E-state index contributed by atoms with van der Waals surface area (Å²) in [6.45, 7) is 0.542. The van der Waals surface area contributed by atoms with Crippen molar-refractivity contribution in [1.29, 1.82) is 0 Å². The molecule has 1 heterocycles. The molecule has 0 saturated carbocycles. The van der Waals surface area contributed by atoms with Gasteiger partial charge in [-0.3, -0.25) is 13.9 Å². The van der Waals surface area contributed by atoms with E-state index in [4.69, 9.17) is 0 Å². The Morgan fingerprint density at radius 1 is 1.04 bits per heavy atom. The fourth-order valence-electron chi connectivity index (χ4n) is 2.25. The second-order valence-corrected chi connectivity index (χ2v) is 10.2. The smallest absolute Gasteiger partial charge is 0.344 e. The molecule has 1 aromatic heterocycles. The largest absolute Gasteiger partial charge is 0.344 e. The molecule has 128 valence electrons. The maximum atomic E-state index is 12.4. The van der Waals surface area contributed by atoms with E-state index in [1.54, 1.807) is 42.5 Å². The van der Waals surface area contributed by atoms with Crippen molar-refractivity contribution in [2.24, 2.45) is 0 Å². The summed E-state index contributed by atoms with van der Waals surface area (Å²) >= 11 is 0. The molecule has 0 spiro atoms. The summed E-state index contributed by atoms with van der Waals surface area (Å²) in [7, 11) is -8.81.